The number of ether oxygens (including phenoxy) is 2. The highest BCUT2D eigenvalue weighted by atomic mass is 16.5. The monoisotopic (exact) mass is 548 g/mol. The molecule has 0 fully saturated rings. The van der Waals surface area contributed by atoms with Crippen molar-refractivity contribution in [3.8, 4) is 22.6 Å². The van der Waals surface area contributed by atoms with Gasteiger partial charge in [0, 0.05) is 11.1 Å². The molecule has 0 saturated heterocycles. The number of carbonyl (C=O) groups is 1. The number of hydrogen-bond acceptors (Lipinski definition) is 3. The zero-order chi connectivity index (χ0) is 28.3. The molecule has 3 heteroatoms. The first-order chi connectivity index (χ1) is 19.7. The Labute approximate surface area is 245 Å². The van der Waals surface area contributed by atoms with Crippen LogP contribution in [0, 0.1) is 0 Å². The summed E-state index contributed by atoms with van der Waals surface area (Å²) in [5.41, 5.74) is 3.52. The Morgan fingerprint density at radius 2 is 0.750 bits per heavy atom. The molecule has 0 unspecified atom stereocenters. The Morgan fingerprint density at radius 3 is 1.10 bits per heavy atom. The summed E-state index contributed by atoms with van der Waals surface area (Å²) in [6, 6.07) is 11.9. The maximum atomic E-state index is 13.2. The van der Waals surface area contributed by atoms with Crippen LogP contribution in [0.25, 0.3) is 11.1 Å². The molecule has 0 amide bonds. The van der Waals surface area contributed by atoms with Crippen LogP contribution >= 0.6 is 0 Å². The van der Waals surface area contributed by atoms with Crippen LogP contribution in [0.3, 0.4) is 0 Å². The summed E-state index contributed by atoms with van der Waals surface area (Å²) in [5, 5.41) is 0. The van der Waals surface area contributed by atoms with Gasteiger partial charge >= 0.3 is 0 Å². The summed E-state index contributed by atoms with van der Waals surface area (Å²) in [5.74, 6) is 1.68. The molecule has 0 N–H and O–H groups in total. The van der Waals surface area contributed by atoms with Crippen molar-refractivity contribution in [1.82, 2.24) is 0 Å². The van der Waals surface area contributed by atoms with Crippen molar-refractivity contribution < 1.29 is 14.3 Å². The highest BCUT2D eigenvalue weighted by Crippen LogP contribution is 2.40. The molecule has 0 atom stereocenters. The minimum Gasteiger partial charge on any atom is -0.494 e. The number of unbranched alkanes of at least 4 members (excludes halogenated alkanes) is 18. The maximum Gasteiger partial charge on any atom is 0.194 e. The molecule has 0 radical (unpaired) electrons. The average molecular weight is 549 g/mol. The number of fused-ring (bicyclic) bond motifs is 3. The van der Waals surface area contributed by atoms with Crippen molar-refractivity contribution in [2.45, 2.75) is 142 Å². The quantitative estimate of drug-likeness (QED) is 0.104. The van der Waals surface area contributed by atoms with Gasteiger partial charge < -0.3 is 9.47 Å². The molecule has 1 aliphatic rings. The van der Waals surface area contributed by atoms with E-state index in [2.05, 4.69) is 13.8 Å². The third kappa shape index (κ3) is 11.3. The van der Waals surface area contributed by atoms with Gasteiger partial charge in [-0.1, -0.05) is 129 Å². The number of carbonyl (C=O) groups excluding carboxylic acids is 1. The van der Waals surface area contributed by atoms with Crippen LogP contribution in [0.5, 0.6) is 11.5 Å². The third-order valence-electron chi connectivity index (χ3n) is 8.29. The van der Waals surface area contributed by atoms with Crippen LogP contribution in [0.2, 0.25) is 0 Å². The van der Waals surface area contributed by atoms with Crippen LogP contribution in [-0.4, -0.2) is 19.0 Å². The van der Waals surface area contributed by atoms with Gasteiger partial charge in [0.05, 0.1) is 13.2 Å². The fourth-order valence-corrected chi connectivity index (χ4v) is 5.78. The van der Waals surface area contributed by atoms with E-state index < -0.39 is 0 Å². The molecule has 0 heterocycles. The molecule has 0 aliphatic heterocycles. The van der Waals surface area contributed by atoms with Crippen molar-refractivity contribution in [3.63, 3.8) is 0 Å². The Kier molecular flexibility index (Phi) is 15.9. The molecule has 40 heavy (non-hydrogen) atoms. The standard InChI is InChI=1S/C37H56O3/c1-3-5-7-9-11-13-15-17-19-21-27-39-31-23-25-33-34-26-24-32(30-36(34)37(38)35(33)29-31)40-28-22-20-18-16-14-12-10-8-6-4-2/h23-26,29-30H,3-22,27-28H2,1-2H3. The number of ketones is 1. The lowest BCUT2D eigenvalue weighted by Gasteiger charge is -2.08. The van der Waals surface area contributed by atoms with E-state index in [0.717, 1.165) is 46.6 Å². The van der Waals surface area contributed by atoms with Gasteiger partial charge in [-0.25, -0.2) is 0 Å². The van der Waals surface area contributed by atoms with Crippen molar-refractivity contribution in [3.05, 3.63) is 47.5 Å². The van der Waals surface area contributed by atoms with Crippen molar-refractivity contribution in [2.24, 2.45) is 0 Å². The van der Waals surface area contributed by atoms with E-state index in [4.69, 9.17) is 9.47 Å². The van der Waals surface area contributed by atoms with E-state index in [0.29, 0.717) is 13.2 Å². The maximum absolute atomic E-state index is 13.2. The van der Waals surface area contributed by atoms with Crippen LogP contribution in [-0.2, 0) is 0 Å². The highest BCUT2D eigenvalue weighted by molar-refractivity contribution is 6.22. The summed E-state index contributed by atoms with van der Waals surface area (Å²) >= 11 is 0. The Hall–Kier alpha value is -2.29. The van der Waals surface area contributed by atoms with Crippen LogP contribution < -0.4 is 9.47 Å². The van der Waals surface area contributed by atoms with E-state index in [1.54, 1.807) is 0 Å². The number of rotatable bonds is 24. The normalized spacial score (nSPS) is 12.0. The molecule has 1 aliphatic carbocycles. The predicted molar refractivity (Wildman–Crippen MR) is 170 cm³/mol. The Morgan fingerprint density at radius 1 is 0.425 bits per heavy atom. The van der Waals surface area contributed by atoms with Gasteiger partial charge in [-0.05, 0) is 60.4 Å². The fraction of sp³-hybridized carbons (Fsp3) is 0.649. The first-order valence-electron chi connectivity index (χ1n) is 16.8. The van der Waals surface area contributed by atoms with Gasteiger partial charge in [0.2, 0.25) is 0 Å². The lowest BCUT2D eigenvalue weighted by atomic mass is 10.1. The summed E-state index contributed by atoms with van der Waals surface area (Å²) in [6.07, 6.45) is 26.3. The van der Waals surface area contributed by atoms with Gasteiger partial charge in [0.15, 0.2) is 5.78 Å². The van der Waals surface area contributed by atoms with Crippen LogP contribution in [0.1, 0.15) is 158 Å². The van der Waals surface area contributed by atoms with Gasteiger partial charge in [0.25, 0.3) is 0 Å². The van der Waals surface area contributed by atoms with E-state index in [1.165, 1.54) is 116 Å². The SMILES string of the molecule is CCCCCCCCCCCCOc1ccc2c(c1)C(=O)c1cc(OCCCCCCCCCCCC)ccc1-2. The molecule has 222 valence electrons. The topological polar surface area (TPSA) is 35.5 Å². The van der Waals surface area contributed by atoms with Gasteiger partial charge in [-0.2, -0.15) is 0 Å². The highest BCUT2D eigenvalue weighted by Gasteiger charge is 2.27. The van der Waals surface area contributed by atoms with Crippen molar-refractivity contribution in [1.29, 1.82) is 0 Å². The zero-order valence-electron chi connectivity index (χ0n) is 25.7. The minimum atomic E-state index is 0.0822. The molecule has 0 aromatic heterocycles. The molecule has 3 nitrogen and oxygen atoms in total. The largest absolute Gasteiger partial charge is 0.494 e. The molecular weight excluding hydrogens is 492 g/mol. The molecule has 0 bridgehead atoms. The molecule has 0 saturated carbocycles. The predicted octanol–water partition coefficient (Wildman–Crippen LogP) is 11.5. The second-order valence-electron chi connectivity index (χ2n) is 11.8. The van der Waals surface area contributed by atoms with Gasteiger partial charge in [-0.3, -0.25) is 4.79 Å². The average Bonchev–Trinajstić information content (AvgIpc) is 3.25. The second-order valence-corrected chi connectivity index (χ2v) is 11.8. The van der Waals surface area contributed by atoms with E-state index >= 15 is 0 Å². The fourth-order valence-electron chi connectivity index (χ4n) is 5.78. The number of hydrogen-bond donors (Lipinski definition) is 0. The molecule has 3 rings (SSSR count). The van der Waals surface area contributed by atoms with Crippen molar-refractivity contribution in [2.75, 3.05) is 13.2 Å². The minimum absolute atomic E-state index is 0.0822. The molecular formula is C37H56O3. The van der Waals surface area contributed by atoms with Crippen LogP contribution in [0.15, 0.2) is 36.4 Å². The van der Waals surface area contributed by atoms with E-state index in [9.17, 15) is 4.79 Å². The first kappa shape index (κ1) is 32.2. The zero-order valence-corrected chi connectivity index (χ0v) is 25.7. The van der Waals surface area contributed by atoms with E-state index in [1.807, 2.05) is 36.4 Å². The summed E-state index contributed by atoms with van der Waals surface area (Å²) < 4.78 is 12.0. The van der Waals surface area contributed by atoms with E-state index in [-0.39, 0.29) is 5.78 Å². The molecule has 0 spiro atoms. The smallest absolute Gasteiger partial charge is 0.194 e. The van der Waals surface area contributed by atoms with Crippen LogP contribution in [0.4, 0.5) is 0 Å². The third-order valence-corrected chi connectivity index (χ3v) is 8.29. The van der Waals surface area contributed by atoms with Gasteiger partial charge in [-0.15, -0.1) is 0 Å². The lowest BCUT2D eigenvalue weighted by Crippen LogP contribution is -2.01. The lowest BCUT2D eigenvalue weighted by molar-refractivity contribution is 0.104. The second kappa shape index (κ2) is 19.7. The first-order valence-corrected chi connectivity index (χ1v) is 16.8. The van der Waals surface area contributed by atoms with Gasteiger partial charge in [0.1, 0.15) is 11.5 Å². The Bertz CT molecular complexity index is 902. The molecule has 2 aromatic carbocycles. The summed E-state index contributed by atoms with van der Waals surface area (Å²) in [4.78, 5) is 13.2. The van der Waals surface area contributed by atoms with Crippen molar-refractivity contribution >= 4 is 5.78 Å². The number of benzene rings is 2. The summed E-state index contributed by atoms with van der Waals surface area (Å²) in [7, 11) is 0. The summed E-state index contributed by atoms with van der Waals surface area (Å²) in [6.45, 7) is 5.97. The Balaban J connectivity index is 1.31. The molecule has 2 aromatic rings.